The summed E-state index contributed by atoms with van der Waals surface area (Å²) in [4.78, 5) is 34.0. The largest absolute Gasteiger partial charge is 0.496 e. The summed E-state index contributed by atoms with van der Waals surface area (Å²) in [6.07, 6.45) is -1.03. The number of nitro groups is 1. The van der Waals surface area contributed by atoms with E-state index in [9.17, 15) is 19.7 Å². The first-order chi connectivity index (χ1) is 10.3. The van der Waals surface area contributed by atoms with Gasteiger partial charge in [0.25, 0.3) is 11.6 Å². The second-order valence-corrected chi connectivity index (χ2v) is 4.85. The van der Waals surface area contributed by atoms with Gasteiger partial charge in [-0.25, -0.2) is 4.79 Å². The molecule has 1 N–H and O–H groups in total. The maximum atomic E-state index is 12.1. The smallest absolute Gasteiger partial charge is 0.342 e. The van der Waals surface area contributed by atoms with Crippen LogP contribution in [0.4, 0.5) is 5.69 Å². The molecule has 8 nitrogen and oxygen atoms in total. The lowest BCUT2D eigenvalue weighted by Gasteiger charge is -2.16. The third-order valence-electron chi connectivity index (χ3n) is 2.70. The molecule has 0 radical (unpaired) electrons. The number of hydrogen-bond donors (Lipinski definition) is 1. The van der Waals surface area contributed by atoms with Crippen LogP contribution in [0.25, 0.3) is 0 Å². The molecule has 0 saturated carbocycles. The van der Waals surface area contributed by atoms with Crippen molar-refractivity contribution >= 4 is 17.6 Å². The number of amides is 1. The van der Waals surface area contributed by atoms with Gasteiger partial charge in [0.15, 0.2) is 6.10 Å². The monoisotopic (exact) mass is 310 g/mol. The van der Waals surface area contributed by atoms with Gasteiger partial charge >= 0.3 is 5.97 Å². The van der Waals surface area contributed by atoms with Crippen LogP contribution in [0.15, 0.2) is 18.2 Å². The minimum Gasteiger partial charge on any atom is -0.496 e. The maximum Gasteiger partial charge on any atom is 0.342 e. The number of carbonyl (C=O) groups is 2. The molecule has 0 saturated heterocycles. The molecule has 1 atom stereocenters. The number of non-ortho nitro benzene ring substituents is 1. The zero-order valence-corrected chi connectivity index (χ0v) is 12.8. The summed E-state index contributed by atoms with van der Waals surface area (Å²) >= 11 is 0. The van der Waals surface area contributed by atoms with Crippen LogP contribution >= 0.6 is 0 Å². The summed E-state index contributed by atoms with van der Waals surface area (Å²) in [6, 6.07) is 3.47. The van der Waals surface area contributed by atoms with Crippen LogP contribution in [0.3, 0.4) is 0 Å². The number of rotatable bonds is 6. The molecule has 1 rings (SSSR count). The normalized spacial score (nSPS) is 11.7. The number of nitro benzene ring substituents is 1. The number of ether oxygens (including phenoxy) is 2. The number of nitrogens with one attached hydrogen (secondary N) is 1. The Balaban J connectivity index is 2.94. The molecule has 0 aliphatic heterocycles. The van der Waals surface area contributed by atoms with E-state index in [0.29, 0.717) is 0 Å². The highest BCUT2D eigenvalue weighted by Gasteiger charge is 2.23. The van der Waals surface area contributed by atoms with Crippen molar-refractivity contribution in [2.75, 3.05) is 7.11 Å². The fourth-order valence-electron chi connectivity index (χ4n) is 1.65. The van der Waals surface area contributed by atoms with Crippen molar-refractivity contribution in [2.24, 2.45) is 0 Å². The van der Waals surface area contributed by atoms with Crippen molar-refractivity contribution in [1.82, 2.24) is 5.32 Å². The molecule has 0 aromatic heterocycles. The Kier molecular flexibility index (Phi) is 5.85. The number of nitrogens with zero attached hydrogens (tertiary/aromatic N) is 1. The average molecular weight is 310 g/mol. The number of benzene rings is 1. The van der Waals surface area contributed by atoms with Gasteiger partial charge in [-0.15, -0.1) is 0 Å². The van der Waals surface area contributed by atoms with Crippen LogP contribution in [0.2, 0.25) is 0 Å². The third-order valence-corrected chi connectivity index (χ3v) is 2.70. The molecule has 1 amide bonds. The second kappa shape index (κ2) is 7.39. The van der Waals surface area contributed by atoms with E-state index in [4.69, 9.17) is 9.47 Å². The SMILES string of the molecule is COc1ccc([N+](=O)[O-])cc1C(=O)O[C@@H](C)C(=O)NC(C)C. The molecule has 1 aromatic carbocycles. The molecular weight excluding hydrogens is 292 g/mol. The van der Waals surface area contributed by atoms with Crippen molar-refractivity contribution in [3.05, 3.63) is 33.9 Å². The quantitative estimate of drug-likeness (QED) is 0.486. The van der Waals surface area contributed by atoms with Crippen molar-refractivity contribution in [3.8, 4) is 5.75 Å². The highest BCUT2D eigenvalue weighted by molar-refractivity contribution is 5.95. The van der Waals surface area contributed by atoms with Crippen LogP contribution in [-0.2, 0) is 9.53 Å². The van der Waals surface area contributed by atoms with Gasteiger partial charge < -0.3 is 14.8 Å². The summed E-state index contributed by atoms with van der Waals surface area (Å²) in [5, 5.41) is 13.4. The standard InChI is InChI=1S/C14H18N2O6/c1-8(2)15-13(17)9(3)22-14(18)11-7-10(16(19)20)5-6-12(11)21-4/h5-9H,1-4H3,(H,15,17)/t9-/m0/s1. The molecule has 0 unspecified atom stereocenters. The first-order valence-corrected chi connectivity index (χ1v) is 6.60. The summed E-state index contributed by atoms with van der Waals surface area (Å²) in [5.74, 6) is -1.19. The Morgan fingerprint density at radius 2 is 1.91 bits per heavy atom. The molecule has 1 aromatic rings. The molecule has 0 spiro atoms. The van der Waals surface area contributed by atoms with E-state index in [1.807, 2.05) is 0 Å². The first-order valence-electron chi connectivity index (χ1n) is 6.60. The van der Waals surface area contributed by atoms with Crippen LogP contribution in [0.1, 0.15) is 31.1 Å². The average Bonchev–Trinajstić information content (AvgIpc) is 2.45. The fourth-order valence-corrected chi connectivity index (χ4v) is 1.65. The molecular formula is C14H18N2O6. The summed E-state index contributed by atoms with van der Waals surface area (Å²) in [7, 11) is 1.33. The Hall–Kier alpha value is -2.64. The van der Waals surface area contributed by atoms with Crippen molar-refractivity contribution in [1.29, 1.82) is 0 Å². The summed E-state index contributed by atoms with van der Waals surface area (Å²) in [5.41, 5.74) is -0.382. The van der Waals surface area contributed by atoms with E-state index in [-0.39, 0.29) is 23.0 Å². The van der Waals surface area contributed by atoms with E-state index < -0.39 is 22.9 Å². The Bertz CT molecular complexity index is 585. The second-order valence-electron chi connectivity index (χ2n) is 4.85. The van der Waals surface area contributed by atoms with Crippen molar-refractivity contribution in [3.63, 3.8) is 0 Å². The Labute approximate surface area is 127 Å². The van der Waals surface area contributed by atoms with Gasteiger partial charge in [-0.05, 0) is 26.8 Å². The number of esters is 1. The van der Waals surface area contributed by atoms with Gasteiger partial charge in [0, 0.05) is 18.2 Å². The lowest BCUT2D eigenvalue weighted by molar-refractivity contribution is -0.384. The predicted molar refractivity (Wildman–Crippen MR) is 77.8 cm³/mol. The van der Waals surface area contributed by atoms with Crippen LogP contribution in [0, 0.1) is 10.1 Å². The summed E-state index contributed by atoms with van der Waals surface area (Å²) in [6.45, 7) is 4.96. The molecule has 8 heteroatoms. The molecule has 0 aliphatic rings. The maximum absolute atomic E-state index is 12.1. The van der Waals surface area contributed by atoms with Crippen molar-refractivity contribution < 1.29 is 24.0 Å². The molecule has 0 heterocycles. The summed E-state index contributed by atoms with van der Waals surface area (Å²) < 4.78 is 10.0. The highest BCUT2D eigenvalue weighted by Crippen LogP contribution is 2.25. The molecule has 22 heavy (non-hydrogen) atoms. The van der Waals surface area contributed by atoms with E-state index in [2.05, 4.69) is 5.32 Å². The van der Waals surface area contributed by atoms with Crippen LogP contribution < -0.4 is 10.1 Å². The zero-order chi connectivity index (χ0) is 16.9. The lowest BCUT2D eigenvalue weighted by Crippen LogP contribution is -2.39. The third kappa shape index (κ3) is 4.44. The zero-order valence-electron chi connectivity index (χ0n) is 12.8. The number of hydrogen-bond acceptors (Lipinski definition) is 6. The minimum atomic E-state index is -1.03. The Morgan fingerprint density at radius 1 is 1.27 bits per heavy atom. The van der Waals surface area contributed by atoms with Gasteiger partial charge in [0.1, 0.15) is 11.3 Å². The van der Waals surface area contributed by atoms with Gasteiger partial charge in [-0.1, -0.05) is 0 Å². The number of methoxy groups -OCH3 is 1. The first kappa shape index (κ1) is 17.4. The van der Waals surface area contributed by atoms with E-state index >= 15 is 0 Å². The van der Waals surface area contributed by atoms with E-state index in [1.54, 1.807) is 13.8 Å². The van der Waals surface area contributed by atoms with Gasteiger partial charge in [-0.2, -0.15) is 0 Å². The fraction of sp³-hybridized carbons (Fsp3) is 0.429. The van der Waals surface area contributed by atoms with Crippen LogP contribution in [0.5, 0.6) is 5.75 Å². The lowest BCUT2D eigenvalue weighted by atomic mass is 10.1. The van der Waals surface area contributed by atoms with Crippen LogP contribution in [-0.4, -0.2) is 36.1 Å². The molecule has 0 fully saturated rings. The number of carbonyl (C=O) groups excluding carboxylic acids is 2. The Morgan fingerprint density at radius 3 is 2.41 bits per heavy atom. The van der Waals surface area contributed by atoms with E-state index in [0.717, 1.165) is 6.07 Å². The van der Waals surface area contributed by atoms with E-state index in [1.165, 1.54) is 26.2 Å². The van der Waals surface area contributed by atoms with Gasteiger partial charge in [0.05, 0.1) is 12.0 Å². The van der Waals surface area contributed by atoms with Gasteiger partial charge in [-0.3, -0.25) is 14.9 Å². The molecule has 120 valence electrons. The molecule has 0 bridgehead atoms. The predicted octanol–water partition coefficient (Wildman–Crippen LogP) is 1.67. The molecule has 0 aliphatic carbocycles. The highest BCUT2D eigenvalue weighted by atomic mass is 16.6. The topological polar surface area (TPSA) is 108 Å². The van der Waals surface area contributed by atoms with Crippen molar-refractivity contribution in [2.45, 2.75) is 32.9 Å². The minimum absolute atomic E-state index is 0.0963. The van der Waals surface area contributed by atoms with Gasteiger partial charge in [0.2, 0.25) is 0 Å².